The Hall–Kier alpha value is -0.910. The van der Waals surface area contributed by atoms with Gasteiger partial charge in [-0.1, -0.05) is 0 Å². The molecule has 0 bridgehead atoms. The Morgan fingerprint density at radius 3 is 2.94 bits per heavy atom. The van der Waals surface area contributed by atoms with Gasteiger partial charge >= 0.3 is 5.97 Å². The molecular formula is C11H15NO3S. The first-order chi connectivity index (χ1) is 7.66. The summed E-state index contributed by atoms with van der Waals surface area (Å²) in [5, 5.41) is 23.1. The van der Waals surface area contributed by atoms with Gasteiger partial charge in [-0.25, -0.2) is 4.79 Å². The third-order valence-corrected chi connectivity index (χ3v) is 3.84. The molecule has 1 saturated carbocycles. The molecule has 0 aliphatic heterocycles. The van der Waals surface area contributed by atoms with Crippen LogP contribution >= 0.6 is 11.3 Å². The standard InChI is InChI=1S/C11H15NO3S/c13-9-3-7(4-9)5-12-6-8-1-2-16-10(8)11(14)15/h1-2,7,9,12-13H,3-6H2,(H,14,15). The highest BCUT2D eigenvalue weighted by Gasteiger charge is 2.26. The molecule has 0 saturated heterocycles. The molecule has 88 valence electrons. The number of carbonyl (C=O) groups is 1. The minimum atomic E-state index is -0.856. The van der Waals surface area contributed by atoms with Gasteiger partial charge in [0.15, 0.2) is 0 Å². The predicted molar refractivity (Wildman–Crippen MR) is 61.7 cm³/mol. The van der Waals surface area contributed by atoms with E-state index in [0.717, 1.165) is 24.9 Å². The molecule has 3 N–H and O–H groups in total. The van der Waals surface area contributed by atoms with Gasteiger partial charge in [0, 0.05) is 6.54 Å². The van der Waals surface area contributed by atoms with Crippen LogP contribution < -0.4 is 5.32 Å². The number of hydrogen-bond acceptors (Lipinski definition) is 4. The van der Waals surface area contributed by atoms with E-state index in [1.807, 2.05) is 6.07 Å². The minimum Gasteiger partial charge on any atom is -0.477 e. The molecule has 2 rings (SSSR count). The number of aliphatic hydroxyl groups excluding tert-OH is 1. The van der Waals surface area contributed by atoms with Crippen LogP contribution in [0.5, 0.6) is 0 Å². The van der Waals surface area contributed by atoms with Crippen molar-refractivity contribution in [2.24, 2.45) is 5.92 Å². The third kappa shape index (κ3) is 2.61. The Balaban J connectivity index is 1.76. The molecule has 1 aromatic rings. The van der Waals surface area contributed by atoms with Crippen molar-refractivity contribution < 1.29 is 15.0 Å². The molecule has 1 heterocycles. The SMILES string of the molecule is O=C(O)c1sccc1CNCC1CC(O)C1. The number of aromatic carboxylic acids is 1. The lowest BCUT2D eigenvalue weighted by Crippen LogP contribution is -2.35. The van der Waals surface area contributed by atoms with Gasteiger partial charge in [0.2, 0.25) is 0 Å². The van der Waals surface area contributed by atoms with Gasteiger partial charge in [-0.3, -0.25) is 0 Å². The summed E-state index contributed by atoms with van der Waals surface area (Å²) in [6.45, 7) is 1.45. The van der Waals surface area contributed by atoms with Crippen molar-refractivity contribution in [1.82, 2.24) is 5.32 Å². The second-order valence-corrected chi connectivity index (χ2v) is 5.12. The van der Waals surface area contributed by atoms with Crippen LogP contribution in [0.15, 0.2) is 11.4 Å². The van der Waals surface area contributed by atoms with Crippen molar-refractivity contribution in [3.8, 4) is 0 Å². The molecule has 1 fully saturated rings. The van der Waals surface area contributed by atoms with Crippen molar-refractivity contribution in [3.05, 3.63) is 21.9 Å². The molecule has 1 aromatic heterocycles. The lowest BCUT2D eigenvalue weighted by Gasteiger charge is -2.31. The van der Waals surface area contributed by atoms with E-state index in [1.165, 1.54) is 11.3 Å². The van der Waals surface area contributed by atoms with Crippen LogP contribution in [-0.4, -0.2) is 28.8 Å². The highest BCUT2D eigenvalue weighted by Crippen LogP contribution is 2.26. The van der Waals surface area contributed by atoms with Crippen LogP contribution in [0, 0.1) is 5.92 Å². The first-order valence-electron chi connectivity index (χ1n) is 5.35. The smallest absolute Gasteiger partial charge is 0.346 e. The Bertz CT molecular complexity index is 371. The average molecular weight is 241 g/mol. The summed E-state index contributed by atoms with van der Waals surface area (Å²) in [4.78, 5) is 11.3. The van der Waals surface area contributed by atoms with Crippen LogP contribution in [-0.2, 0) is 6.54 Å². The van der Waals surface area contributed by atoms with Gasteiger partial charge < -0.3 is 15.5 Å². The highest BCUT2D eigenvalue weighted by atomic mass is 32.1. The van der Waals surface area contributed by atoms with Gasteiger partial charge in [0.25, 0.3) is 0 Å². The van der Waals surface area contributed by atoms with Gasteiger partial charge in [-0.05, 0) is 42.3 Å². The molecule has 1 aliphatic rings. The largest absolute Gasteiger partial charge is 0.477 e. The van der Waals surface area contributed by atoms with Gasteiger partial charge in [-0.15, -0.1) is 11.3 Å². The first-order valence-corrected chi connectivity index (χ1v) is 6.23. The number of nitrogens with one attached hydrogen (secondary N) is 1. The van der Waals surface area contributed by atoms with E-state index in [2.05, 4.69) is 5.32 Å². The molecule has 0 amide bonds. The van der Waals surface area contributed by atoms with Gasteiger partial charge in [0.1, 0.15) is 4.88 Å². The van der Waals surface area contributed by atoms with Crippen molar-refractivity contribution in [1.29, 1.82) is 0 Å². The molecule has 0 aromatic carbocycles. The quantitative estimate of drug-likeness (QED) is 0.727. The fourth-order valence-electron chi connectivity index (χ4n) is 1.94. The monoisotopic (exact) mass is 241 g/mol. The van der Waals surface area contributed by atoms with E-state index in [-0.39, 0.29) is 6.10 Å². The summed E-state index contributed by atoms with van der Waals surface area (Å²) < 4.78 is 0. The summed E-state index contributed by atoms with van der Waals surface area (Å²) in [5.74, 6) is -0.312. The Morgan fingerprint density at radius 1 is 1.56 bits per heavy atom. The zero-order valence-corrected chi connectivity index (χ0v) is 9.67. The highest BCUT2D eigenvalue weighted by molar-refractivity contribution is 7.12. The molecule has 16 heavy (non-hydrogen) atoms. The Morgan fingerprint density at radius 2 is 2.31 bits per heavy atom. The Labute approximate surface area is 97.9 Å². The van der Waals surface area contributed by atoms with E-state index < -0.39 is 5.97 Å². The number of rotatable bonds is 5. The predicted octanol–water partition coefficient (Wildman–Crippen LogP) is 1.31. The maximum absolute atomic E-state index is 10.8. The normalized spacial score (nSPS) is 24.1. The fraction of sp³-hybridized carbons (Fsp3) is 0.545. The van der Waals surface area contributed by atoms with E-state index in [1.54, 1.807) is 5.38 Å². The zero-order valence-electron chi connectivity index (χ0n) is 8.85. The van der Waals surface area contributed by atoms with Crippen LogP contribution in [0.25, 0.3) is 0 Å². The van der Waals surface area contributed by atoms with Crippen molar-refractivity contribution >= 4 is 17.3 Å². The van der Waals surface area contributed by atoms with Gasteiger partial charge in [0.05, 0.1) is 6.10 Å². The number of aliphatic hydroxyl groups is 1. The van der Waals surface area contributed by atoms with Crippen LogP contribution in [0.3, 0.4) is 0 Å². The topological polar surface area (TPSA) is 69.6 Å². The molecule has 0 atom stereocenters. The van der Waals surface area contributed by atoms with E-state index in [4.69, 9.17) is 10.2 Å². The number of carboxylic acids is 1. The third-order valence-electron chi connectivity index (χ3n) is 2.90. The van der Waals surface area contributed by atoms with Crippen molar-refractivity contribution in [2.75, 3.05) is 6.54 Å². The summed E-state index contributed by atoms with van der Waals surface area (Å²) in [5.41, 5.74) is 0.845. The lowest BCUT2D eigenvalue weighted by atomic mass is 9.82. The second-order valence-electron chi connectivity index (χ2n) is 4.20. The second kappa shape index (κ2) is 4.95. The summed E-state index contributed by atoms with van der Waals surface area (Å²) >= 11 is 1.26. The van der Waals surface area contributed by atoms with Crippen molar-refractivity contribution in [3.63, 3.8) is 0 Å². The molecule has 0 radical (unpaired) electrons. The molecule has 0 spiro atoms. The molecular weight excluding hydrogens is 226 g/mol. The minimum absolute atomic E-state index is 0.123. The molecule has 5 heteroatoms. The molecule has 4 nitrogen and oxygen atoms in total. The summed E-state index contributed by atoms with van der Waals surface area (Å²) in [6.07, 6.45) is 1.60. The van der Waals surface area contributed by atoms with Crippen LogP contribution in [0.1, 0.15) is 28.1 Å². The molecule has 1 aliphatic carbocycles. The zero-order chi connectivity index (χ0) is 11.5. The molecule has 0 unspecified atom stereocenters. The fourth-order valence-corrected chi connectivity index (χ4v) is 2.70. The average Bonchev–Trinajstić information content (AvgIpc) is 2.63. The van der Waals surface area contributed by atoms with Crippen molar-refractivity contribution in [2.45, 2.75) is 25.5 Å². The van der Waals surface area contributed by atoms with E-state index >= 15 is 0 Å². The van der Waals surface area contributed by atoms with E-state index in [9.17, 15) is 4.79 Å². The summed E-state index contributed by atoms with van der Waals surface area (Å²) in [6, 6.07) is 1.84. The maximum Gasteiger partial charge on any atom is 0.346 e. The lowest BCUT2D eigenvalue weighted by molar-refractivity contribution is 0.0430. The van der Waals surface area contributed by atoms with Crippen LogP contribution in [0.4, 0.5) is 0 Å². The first kappa shape index (κ1) is 11.6. The maximum atomic E-state index is 10.8. The van der Waals surface area contributed by atoms with Gasteiger partial charge in [-0.2, -0.15) is 0 Å². The van der Waals surface area contributed by atoms with E-state index in [0.29, 0.717) is 17.3 Å². The van der Waals surface area contributed by atoms with Crippen LogP contribution in [0.2, 0.25) is 0 Å². The number of hydrogen-bond donors (Lipinski definition) is 3. The number of carboxylic acid groups (broad SMARTS) is 1. The summed E-state index contributed by atoms with van der Waals surface area (Å²) in [7, 11) is 0. The number of thiophene rings is 1. The Kier molecular flexibility index (Phi) is 3.58.